The SMILES string of the molecule is NC(=O)C1CCN(C(=O)C(=O)N2CCOCC2)CC1. The number of primary amides is 1. The van der Waals surface area contributed by atoms with E-state index in [1.807, 2.05) is 0 Å². The summed E-state index contributed by atoms with van der Waals surface area (Å²) in [6.45, 7) is 2.71. The number of carbonyl (C=O) groups is 3. The zero-order valence-electron chi connectivity index (χ0n) is 10.8. The number of piperidine rings is 1. The Kier molecular flexibility index (Phi) is 4.36. The van der Waals surface area contributed by atoms with Crippen LogP contribution >= 0.6 is 0 Å². The lowest BCUT2D eigenvalue weighted by Crippen LogP contribution is -2.51. The molecule has 7 nitrogen and oxygen atoms in total. The van der Waals surface area contributed by atoms with Crippen LogP contribution in [0.5, 0.6) is 0 Å². The number of amides is 3. The van der Waals surface area contributed by atoms with E-state index in [1.165, 1.54) is 9.80 Å². The molecule has 2 rings (SSSR count). The van der Waals surface area contributed by atoms with Gasteiger partial charge in [-0.3, -0.25) is 14.4 Å². The van der Waals surface area contributed by atoms with Gasteiger partial charge in [0.05, 0.1) is 13.2 Å². The second-order valence-electron chi connectivity index (χ2n) is 4.87. The first-order valence-corrected chi connectivity index (χ1v) is 6.55. The molecule has 0 aliphatic carbocycles. The van der Waals surface area contributed by atoms with E-state index in [0.29, 0.717) is 52.2 Å². The zero-order valence-corrected chi connectivity index (χ0v) is 10.8. The minimum atomic E-state index is -0.482. The number of nitrogens with zero attached hydrogens (tertiary/aromatic N) is 2. The molecule has 0 spiro atoms. The minimum absolute atomic E-state index is 0.178. The van der Waals surface area contributed by atoms with Crippen molar-refractivity contribution in [1.82, 2.24) is 9.80 Å². The van der Waals surface area contributed by atoms with Crippen LogP contribution in [0.3, 0.4) is 0 Å². The van der Waals surface area contributed by atoms with Gasteiger partial charge in [-0.1, -0.05) is 0 Å². The minimum Gasteiger partial charge on any atom is -0.378 e. The maximum absolute atomic E-state index is 12.1. The molecule has 0 aromatic rings. The Morgan fingerprint density at radius 2 is 1.37 bits per heavy atom. The second kappa shape index (κ2) is 6.01. The molecule has 0 saturated carbocycles. The molecule has 3 amide bonds. The molecule has 106 valence electrons. The van der Waals surface area contributed by atoms with Crippen LogP contribution in [0.25, 0.3) is 0 Å². The van der Waals surface area contributed by atoms with Gasteiger partial charge in [0.25, 0.3) is 0 Å². The molecule has 2 heterocycles. The summed E-state index contributed by atoms with van der Waals surface area (Å²) in [5, 5.41) is 0. The number of rotatable bonds is 1. The summed E-state index contributed by atoms with van der Waals surface area (Å²) in [4.78, 5) is 38.1. The highest BCUT2D eigenvalue weighted by Crippen LogP contribution is 2.17. The molecule has 0 aromatic heterocycles. The summed E-state index contributed by atoms with van der Waals surface area (Å²) in [7, 11) is 0. The number of hydrogen-bond acceptors (Lipinski definition) is 4. The van der Waals surface area contributed by atoms with Crippen molar-refractivity contribution in [3.05, 3.63) is 0 Å². The van der Waals surface area contributed by atoms with Crippen LogP contribution in [-0.4, -0.2) is 66.9 Å². The Morgan fingerprint density at radius 3 is 1.84 bits per heavy atom. The summed E-state index contributed by atoms with van der Waals surface area (Å²) < 4.78 is 5.15. The van der Waals surface area contributed by atoms with Crippen LogP contribution in [0.1, 0.15) is 12.8 Å². The molecule has 0 radical (unpaired) electrons. The van der Waals surface area contributed by atoms with Crippen molar-refractivity contribution in [2.75, 3.05) is 39.4 Å². The van der Waals surface area contributed by atoms with Crippen molar-refractivity contribution >= 4 is 17.7 Å². The molecule has 2 aliphatic rings. The van der Waals surface area contributed by atoms with Crippen molar-refractivity contribution < 1.29 is 19.1 Å². The number of likely N-dealkylation sites (tertiary alicyclic amines) is 1. The van der Waals surface area contributed by atoms with E-state index < -0.39 is 11.8 Å². The van der Waals surface area contributed by atoms with Gasteiger partial charge in [0, 0.05) is 32.1 Å². The van der Waals surface area contributed by atoms with E-state index in [2.05, 4.69) is 0 Å². The second-order valence-corrected chi connectivity index (χ2v) is 4.87. The third kappa shape index (κ3) is 3.23. The van der Waals surface area contributed by atoms with Gasteiger partial charge in [-0.05, 0) is 12.8 Å². The first-order valence-electron chi connectivity index (χ1n) is 6.55. The van der Waals surface area contributed by atoms with Crippen LogP contribution in [0.2, 0.25) is 0 Å². The summed E-state index contributed by atoms with van der Waals surface area (Å²) in [5.74, 6) is -1.46. The molecule has 0 aromatic carbocycles. The van der Waals surface area contributed by atoms with E-state index in [1.54, 1.807) is 0 Å². The van der Waals surface area contributed by atoms with E-state index in [9.17, 15) is 14.4 Å². The summed E-state index contributed by atoms with van der Waals surface area (Å²) in [5.41, 5.74) is 5.23. The molecule has 0 bridgehead atoms. The lowest BCUT2D eigenvalue weighted by atomic mass is 9.96. The van der Waals surface area contributed by atoms with Crippen LogP contribution in [0.4, 0.5) is 0 Å². The smallest absolute Gasteiger partial charge is 0.312 e. The molecular weight excluding hydrogens is 250 g/mol. The Balaban J connectivity index is 1.86. The Morgan fingerprint density at radius 1 is 0.895 bits per heavy atom. The van der Waals surface area contributed by atoms with Crippen LogP contribution in [0, 0.1) is 5.92 Å². The number of ether oxygens (including phenoxy) is 1. The van der Waals surface area contributed by atoms with Crippen molar-refractivity contribution in [2.45, 2.75) is 12.8 Å². The fraction of sp³-hybridized carbons (Fsp3) is 0.750. The Hall–Kier alpha value is -1.63. The average molecular weight is 269 g/mol. The van der Waals surface area contributed by atoms with Gasteiger partial charge >= 0.3 is 11.8 Å². The lowest BCUT2D eigenvalue weighted by molar-refractivity contribution is -0.155. The number of nitrogens with two attached hydrogens (primary N) is 1. The fourth-order valence-corrected chi connectivity index (χ4v) is 2.40. The van der Waals surface area contributed by atoms with Gasteiger partial charge in [0.15, 0.2) is 0 Å². The highest BCUT2D eigenvalue weighted by atomic mass is 16.5. The molecule has 2 N–H and O–H groups in total. The highest BCUT2D eigenvalue weighted by molar-refractivity contribution is 6.34. The largest absolute Gasteiger partial charge is 0.378 e. The third-order valence-electron chi connectivity index (χ3n) is 3.67. The number of morpholine rings is 1. The normalized spacial score (nSPS) is 21.3. The van der Waals surface area contributed by atoms with E-state index in [-0.39, 0.29) is 11.8 Å². The van der Waals surface area contributed by atoms with Crippen LogP contribution in [0.15, 0.2) is 0 Å². The zero-order chi connectivity index (χ0) is 13.8. The Labute approximate surface area is 111 Å². The van der Waals surface area contributed by atoms with Crippen LogP contribution < -0.4 is 5.73 Å². The molecule has 2 fully saturated rings. The summed E-state index contributed by atoms with van der Waals surface area (Å²) in [6.07, 6.45) is 1.08. The first kappa shape index (κ1) is 13.8. The molecule has 2 saturated heterocycles. The lowest BCUT2D eigenvalue weighted by Gasteiger charge is -2.33. The quantitative estimate of drug-likeness (QED) is 0.591. The molecular formula is C12H19N3O4. The van der Waals surface area contributed by atoms with Crippen molar-refractivity contribution in [1.29, 1.82) is 0 Å². The van der Waals surface area contributed by atoms with Gasteiger partial charge in [0.2, 0.25) is 5.91 Å². The van der Waals surface area contributed by atoms with Crippen molar-refractivity contribution in [3.63, 3.8) is 0 Å². The number of carbonyl (C=O) groups excluding carboxylic acids is 3. The van der Waals surface area contributed by atoms with Crippen molar-refractivity contribution in [2.24, 2.45) is 11.7 Å². The topological polar surface area (TPSA) is 92.9 Å². The standard InChI is InChI=1S/C12H19N3O4/c13-10(16)9-1-3-14(4-2-9)11(17)12(18)15-5-7-19-8-6-15/h9H,1-8H2,(H2,13,16). The molecule has 7 heteroatoms. The van der Waals surface area contributed by atoms with Gasteiger partial charge in [-0.2, -0.15) is 0 Å². The Bertz CT molecular complexity index is 371. The maximum atomic E-state index is 12.1. The fourth-order valence-electron chi connectivity index (χ4n) is 2.40. The molecule has 19 heavy (non-hydrogen) atoms. The number of hydrogen-bond donors (Lipinski definition) is 1. The molecule has 0 atom stereocenters. The average Bonchev–Trinajstić information content (AvgIpc) is 2.46. The predicted octanol–water partition coefficient (Wildman–Crippen LogP) is -1.43. The van der Waals surface area contributed by atoms with E-state index in [4.69, 9.17) is 10.5 Å². The summed E-state index contributed by atoms with van der Waals surface area (Å²) in [6, 6.07) is 0. The maximum Gasteiger partial charge on any atom is 0.312 e. The van der Waals surface area contributed by atoms with Gasteiger partial charge in [-0.25, -0.2) is 0 Å². The summed E-state index contributed by atoms with van der Waals surface area (Å²) >= 11 is 0. The van der Waals surface area contributed by atoms with Gasteiger partial charge in [-0.15, -0.1) is 0 Å². The van der Waals surface area contributed by atoms with E-state index >= 15 is 0 Å². The highest BCUT2D eigenvalue weighted by Gasteiger charge is 2.32. The molecule has 0 unspecified atom stereocenters. The molecule has 2 aliphatic heterocycles. The van der Waals surface area contributed by atoms with Crippen molar-refractivity contribution in [3.8, 4) is 0 Å². The predicted molar refractivity (Wildman–Crippen MR) is 65.9 cm³/mol. The van der Waals surface area contributed by atoms with E-state index in [0.717, 1.165) is 0 Å². The van der Waals surface area contributed by atoms with Crippen LogP contribution in [-0.2, 0) is 19.1 Å². The first-order chi connectivity index (χ1) is 9.09. The monoisotopic (exact) mass is 269 g/mol. The van der Waals surface area contributed by atoms with Gasteiger partial charge in [0.1, 0.15) is 0 Å². The van der Waals surface area contributed by atoms with Gasteiger partial charge < -0.3 is 20.3 Å². The third-order valence-corrected chi connectivity index (χ3v) is 3.67.